The quantitative estimate of drug-likeness (QED) is 0.679. The zero-order chi connectivity index (χ0) is 19.4. The average molecular weight is 376 g/mol. The second kappa shape index (κ2) is 8.29. The van der Waals surface area contributed by atoms with Gasteiger partial charge in [-0.2, -0.15) is 5.10 Å². The van der Waals surface area contributed by atoms with Crippen molar-refractivity contribution in [3.05, 3.63) is 77.5 Å². The Morgan fingerprint density at radius 1 is 1.07 bits per heavy atom. The molecule has 0 radical (unpaired) electrons. The van der Waals surface area contributed by atoms with Crippen LogP contribution in [-0.4, -0.2) is 39.9 Å². The van der Waals surface area contributed by atoms with E-state index in [4.69, 9.17) is 0 Å². The summed E-state index contributed by atoms with van der Waals surface area (Å²) in [5, 5.41) is 17.8. The zero-order valence-electron chi connectivity index (χ0n) is 16.6. The Morgan fingerprint density at radius 3 is 2.64 bits per heavy atom. The van der Waals surface area contributed by atoms with Crippen molar-refractivity contribution in [2.45, 2.75) is 32.7 Å². The second-order valence-corrected chi connectivity index (χ2v) is 8.21. The highest BCUT2D eigenvalue weighted by Gasteiger charge is 2.35. The first-order valence-electron chi connectivity index (χ1n) is 10.1. The summed E-state index contributed by atoms with van der Waals surface area (Å²) in [4.78, 5) is 2.48. The van der Waals surface area contributed by atoms with Gasteiger partial charge in [-0.25, -0.2) is 0 Å². The highest BCUT2D eigenvalue weighted by Crippen LogP contribution is 2.35. The van der Waals surface area contributed by atoms with Gasteiger partial charge in [0.25, 0.3) is 0 Å². The topological polar surface area (TPSA) is 52.1 Å². The summed E-state index contributed by atoms with van der Waals surface area (Å²) in [6, 6.07) is 18.9. The number of nitrogens with one attached hydrogen (secondary N) is 1. The number of benzene rings is 2. The predicted octanol–water partition coefficient (Wildman–Crippen LogP) is 4.20. The van der Waals surface area contributed by atoms with Crippen molar-refractivity contribution in [1.82, 2.24) is 15.1 Å². The summed E-state index contributed by atoms with van der Waals surface area (Å²) in [5.74, 6) is 0. The Morgan fingerprint density at radius 2 is 1.86 bits per heavy atom. The van der Waals surface area contributed by atoms with Gasteiger partial charge >= 0.3 is 0 Å². The highest BCUT2D eigenvalue weighted by molar-refractivity contribution is 5.62. The molecule has 0 spiro atoms. The number of aromatic amines is 1. The van der Waals surface area contributed by atoms with E-state index in [0.717, 1.165) is 44.6 Å². The molecule has 0 aliphatic carbocycles. The maximum absolute atomic E-state index is 10.3. The maximum Gasteiger partial charge on any atom is 0.0695 e. The van der Waals surface area contributed by atoms with E-state index in [1.165, 1.54) is 22.3 Å². The first kappa shape index (κ1) is 18.9. The molecule has 1 atom stereocenters. The largest absolute Gasteiger partial charge is 0.396 e. The zero-order valence-corrected chi connectivity index (χ0v) is 16.6. The molecular weight excluding hydrogens is 346 g/mol. The molecule has 0 amide bonds. The van der Waals surface area contributed by atoms with Gasteiger partial charge in [-0.1, -0.05) is 54.6 Å². The summed E-state index contributed by atoms with van der Waals surface area (Å²) in [5.41, 5.74) is 6.08. The molecule has 4 heteroatoms. The molecule has 1 fully saturated rings. The standard InChI is InChI=1S/C24H29N3O/c1-19-8-5-6-11-21(19)14-24(18-28)12-7-13-27(17-24)16-22-15-25-26-23(22)20-9-3-2-4-10-20/h2-6,8-11,15,28H,7,12-14,16-18H2,1H3,(H,25,26)/t24-/m1/s1. The third kappa shape index (κ3) is 4.03. The van der Waals surface area contributed by atoms with Crippen molar-refractivity contribution in [2.75, 3.05) is 19.7 Å². The molecule has 28 heavy (non-hydrogen) atoms. The van der Waals surface area contributed by atoms with Gasteiger partial charge in [0.2, 0.25) is 0 Å². The van der Waals surface area contributed by atoms with E-state index in [9.17, 15) is 5.11 Å². The molecule has 146 valence electrons. The van der Waals surface area contributed by atoms with E-state index in [2.05, 4.69) is 70.6 Å². The van der Waals surface area contributed by atoms with E-state index < -0.39 is 0 Å². The molecule has 1 aliphatic heterocycles. The molecule has 2 N–H and O–H groups in total. The van der Waals surface area contributed by atoms with Crippen molar-refractivity contribution in [3.63, 3.8) is 0 Å². The number of aliphatic hydroxyl groups is 1. The van der Waals surface area contributed by atoms with Crippen LogP contribution in [0.1, 0.15) is 29.5 Å². The lowest BCUT2D eigenvalue weighted by Crippen LogP contribution is -2.46. The summed E-state index contributed by atoms with van der Waals surface area (Å²) < 4.78 is 0. The first-order chi connectivity index (χ1) is 13.7. The number of H-pyrrole nitrogens is 1. The second-order valence-electron chi connectivity index (χ2n) is 8.21. The van der Waals surface area contributed by atoms with Crippen LogP contribution in [-0.2, 0) is 13.0 Å². The van der Waals surface area contributed by atoms with Crippen LogP contribution in [0.3, 0.4) is 0 Å². The van der Waals surface area contributed by atoms with Crippen LogP contribution in [0.2, 0.25) is 0 Å². The Balaban J connectivity index is 1.51. The molecule has 1 aromatic heterocycles. The van der Waals surface area contributed by atoms with E-state index >= 15 is 0 Å². The number of nitrogens with zero attached hydrogens (tertiary/aromatic N) is 2. The number of piperidine rings is 1. The number of likely N-dealkylation sites (tertiary alicyclic amines) is 1. The molecule has 0 bridgehead atoms. The van der Waals surface area contributed by atoms with Crippen LogP contribution in [0, 0.1) is 12.3 Å². The number of aryl methyl sites for hydroxylation is 1. The van der Waals surface area contributed by atoms with E-state index in [-0.39, 0.29) is 12.0 Å². The molecular formula is C24H29N3O. The third-order valence-electron chi connectivity index (χ3n) is 6.08. The number of aromatic nitrogens is 2. The van der Waals surface area contributed by atoms with Gasteiger partial charge in [-0.05, 0) is 49.4 Å². The fraction of sp³-hybridized carbons (Fsp3) is 0.375. The van der Waals surface area contributed by atoms with Gasteiger partial charge in [0.1, 0.15) is 0 Å². The Kier molecular flexibility index (Phi) is 5.60. The van der Waals surface area contributed by atoms with Crippen molar-refractivity contribution >= 4 is 0 Å². The van der Waals surface area contributed by atoms with Crippen molar-refractivity contribution in [2.24, 2.45) is 5.41 Å². The minimum Gasteiger partial charge on any atom is -0.396 e. The fourth-order valence-electron chi connectivity index (χ4n) is 4.51. The number of rotatable bonds is 6. The van der Waals surface area contributed by atoms with Crippen LogP contribution in [0.5, 0.6) is 0 Å². The lowest BCUT2D eigenvalue weighted by Gasteiger charge is -2.42. The van der Waals surface area contributed by atoms with Crippen LogP contribution in [0.25, 0.3) is 11.3 Å². The molecule has 2 aromatic carbocycles. The molecule has 1 aliphatic rings. The molecule has 1 saturated heterocycles. The van der Waals surface area contributed by atoms with E-state index in [1.807, 2.05) is 12.3 Å². The van der Waals surface area contributed by atoms with E-state index in [1.54, 1.807) is 0 Å². The minimum atomic E-state index is -0.0684. The summed E-state index contributed by atoms with van der Waals surface area (Å²) >= 11 is 0. The molecule has 3 aromatic rings. The molecule has 0 saturated carbocycles. The molecule has 4 nitrogen and oxygen atoms in total. The van der Waals surface area contributed by atoms with Gasteiger partial charge in [0, 0.05) is 24.1 Å². The van der Waals surface area contributed by atoms with Crippen molar-refractivity contribution in [3.8, 4) is 11.3 Å². The Hall–Kier alpha value is -2.43. The fourth-order valence-corrected chi connectivity index (χ4v) is 4.51. The van der Waals surface area contributed by atoms with Crippen LogP contribution >= 0.6 is 0 Å². The van der Waals surface area contributed by atoms with E-state index in [0.29, 0.717) is 0 Å². The monoisotopic (exact) mass is 375 g/mol. The number of hydrogen-bond donors (Lipinski definition) is 2. The normalized spacial score (nSPS) is 20.4. The third-order valence-corrected chi connectivity index (χ3v) is 6.08. The number of hydrogen-bond acceptors (Lipinski definition) is 3. The highest BCUT2D eigenvalue weighted by atomic mass is 16.3. The van der Waals surface area contributed by atoms with Gasteiger partial charge < -0.3 is 5.11 Å². The lowest BCUT2D eigenvalue weighted by atomic mass is 9.75. The van der Waals surface area contributed by atoms with Gasteiger partial charge in [0.05, 0.1) is 18.5 Å². The van der Waals surface area contributed by atoms with Gasteiger partial charge in [-0.15, -0.1) is 0 Å². The Bertz CT molecular complexity index is 905. The van der Waals surface area contributed by atoms with Crippen LogP contribution in [0.4, 0.5) is 0 Å². The molecule has 2 heterocycles. The molecule has 4 rings (SSSR count). The summed E-state index contributed by atoms with van der Waals surface area (Å²) in [7, 11) is 0. The van der Waals surface area contributed by atoms with Gasteiger partial charge in [-0.3, -0.25) is 10.00 Å². The van der Waals surface area contributed by atoms with Crippen molar-refractivity contribution < 1.29 is 5.11 Å². The summed E-state index contributed by atoms with van der Waals surface area (Å²) in [6.07, 6.45) is 5.07. The number of aliphatic hydroxyl groups excluding tert-OH is 1. The minimum absolute atomic E-state index is 0.0684. The average Bonchev–Trinajstić information content (AvgIpc) is 3.19. The van der Waals surface area contributed by atoms with Crippen LogP contribution in [0.15, 0.2) is 60.8 Å². The summed E-state index contributed by atoms with van der Waals surface area (Å²) in [6.45, 7) is 5.23. The van der Waals surface area contributed by atoms with Gasteiger partial charge in [0.15, 0.2) is 0 Å². The maximum atomic E-state index is 10.3. The SMILES string of the molecule is Cc1ccccc1C[C@]1(CO)CCCN(Cc2cn[nH]c2-c2ccccc2)C1. The predicted molar refractivity (Wildman–Crippen MR) is 113 cm³/mol. The smallest absolute Gasteiger partial charge is 0.0695 e. The Labute approximate surface area is 167 Å². The molecule has 0 unspecified atom stereocenters. The first-order valence-corrected chi connectivity index (χ1v) is 10.1. The lowest BCUT2D eigenvalue weighted by molar-refractivity contribution is 0.0288. The van der Waals surface area contributed by atoms with Crippen LogP contribution < -0.4 is 0 Å². The van der Waals surface area contributed by atoms with Crippen molar-refractivity contribution in [1.29, 1.82) is 0 Å².